The molecule has 0 saturated heterocycles. The van der Waals surface area contributed by atoms with Crippen LogP contribution in [-0.2, 0) is 15.5 Å². The first kappa shape index (κ1) is 16.4. The van der Waals surface area contributed by atoms with E-state index in [4.69, 9.17) is 10.7 Å². The van der Waals surface area contributed by atoms with Crippen LogP contribution in [0.15, 0.2) is 39.3 Å². The van der Waals surface area contributed by atoms with E-state index in [1.165, 1.54) is 12.3 Å². The molecule has 0 aliphatic heterocycles. The van der Waals surface area contributed by atoms with E-state index in [0.717, 1.165) is 20.7 Å². The predicted octanol–water partition coefficient (Wildman–Crippen LogP) is 2.81. The molecule has 9 heteroatoms. The first-order chi connectivity index (χ1) is 9.86. The van der Waals surface area contributed by atoms with Gasteiger partial charge in [-0.2, -0.15) is 0 Å². The standard InChI is InChI=1S/C12H10BrClN2O3S2/c13-9-5-8(6-15-7-9)12(17)16-4-3-10-1-2-11(20-10)21(14,18)19/h1-2,5-7H,3-4H2,(H,16,17). The fraction of sp³-hybridized carbons (Fsp3) is 0.167. The van der Waals surface area contributed by atoms with E-state index in [2.05, 4.69) is 26.2 Å². The third-order valence-corrected chi connectivity index (χ3v) is 6.17. The molecule has 0 aliphatic carbocycles. The van der Waals surface area contributed by atoms with Gasteiger partial charge < -0.3 is 5.32 Å². The van der Waals surface area contributed by atoms with Gasteiger partial charge in [0.25, 0.3) is 15.0 Å². The quantitative estimate of drug-likeness (QED) is 0.770. The number of nitrogens with zero attached hydrogens (tertiary/aromatic N) is 1. The fourth-order valence-corrected chi connectivity index (χ4v) is 4.05. The molecule has 0 aromatic carbocycles. The monoisotopic (exact) mass is 408 g/mol. The Labute approximate surface area is 138 Å². The molecule has 2 aromatic heterocycles. The number of hydrogen-bond donors (Lipinski definition) is 1. The topological polar surface area (TPSA) is 76.1 Å². The molecule has 2 rings (SSSR count). The Kier molecular flexibility index (Phi) is 5.37. The summed E-state index contributed by atoms with van der Waals surface area (Å²) in [6.45, 7) is 0.396. The highest BCUT2D eigenvalue weighted by molar-refractivity contribution is 9.10. The van der Waals surface area contributed by atoms with Gasteiger partial charge in [0.2, 0.25) is 0 Å². The average molecular weight is 410 g/mol. The minimum Gasteiger partial charge on any atom is -0.352 e. The van der Waals surface area contributed by atoms with E-state index in [1.807, 2.05) is 0 Å². The molecule has 0 spiro atoms. The van der Waals surface area contributed by atoms with Crippen LogP contribution in [0, 0.1) is 0 Å². The van der Waals surface area contributed by atoms with E-state index in [1.54, 1.807) is 18.3 Å². The molecule has 0 unspecified atom stereocenters. The van der Waals surface area contributed by atoms with Crippen molar-refractivity contribution in [2.45, 2.75) is 10.6 Å². The number of carbonyl (C=O) groups is 1. The molecule has 1 N–H and O–H groups in total. The Morgan fingerprint density at radius 1 is 1.38 bits per heavy atom. The van der Waals surface area contributed by atoms with Gasteiger partial charge in [-0.3, -0.25) is 9.78 Å². The number of rotatable bonds is 5. The lowest BCUT2D eigenvalue weighted by Gasteiger charge is -2.04. The maximum Gasteiger partial charge on any atom is 0.270 e. The number of nitrogens with one attached hydrogen (secondary N) is 1. The lowest BCUT2D eigenvalue weighted by atomic mass is 10.2. The lowest BCUT2D eigenvalue weighted by Crippen LogP contribution is -2.25. The Balaban J connectivity index is 1.90. The predicted molar refractivity (Wildman–Crippen MR) is 85.3 cm³/mol. The van der Waals surface area contributed by atoms with Crippen LogP contribution in [0.1, 0.15) is 15.2 Å². The third-order valence-electron chi connectivity index (χ3n) is 2.50. The van der Waals surface area contributed by atoms with Crippen molar-refractivity contribution in [1.82, 2.24) is 10.3 Å². The number of carbonyl (C=O) groups excluding carboxylic acids is 1. The molecule has 2 heterocycles. The Bertz CT molecular complexity index is 761. The van der Waals surface area contributed by atoms with Gasteiger partial charge in [-0.25, -0.2) is 8.42 Å². The molecule has 112 valence electrons. The minimum atomic E-state index is -3.68. The molecule has 0 aliphatic rings. The highest BCUT2D eigenvalue weighted by Gasteiger charge is 2.13. The summed E-state index contributed by atoms with van der Waals surface area (Å²) < 4.78 is 23.1. The number of aromatic nitrogens is 1. The van der Waals surface area contributed by atoms with Crippen molar-refractivity contribution < 1.29 is 13.2 Å². The van der Waals surface area contributed by atoms with Crippen molar-refractivity contribution in [2.75, 3.05) is 6.54 Å². The summed E-state index contributed by atoms with van der Waals surface area (Å²) in [5.74, 6) is -0.231. The SMILES string of the molecule is O=C(NCCc1ccc(S(=O)(=O)Cl)s1)c1cncc(Br)c1. The van der Waals surface area contributed by atoms with Crippen LogP contribution in [0.4, 0.5) is 0 Å². The van der Waals surface area contributed by atoms with Gasteiger partial charge in [-0.15, -0.1) is 11.3 Å². The molecule has 0 atom stereocenters. The summed E-state index contributed by atoms with van der Waals surface area (Å²) in [5, 5.41) is 2.75. The van der Waals surface area contributed by atoms with Crippen molar-refractivity contribution in [2.24, 2.45) is 0 Å². The third kappa shape index (κ3) is 4.77. The Hall–Kier alpha value is -0.960. The maximum absolute atomic E-state index is 11.9. The molecule has 21 heavy (non-hydrogen) atoms. The largest absolute Gasteiger partial charge is 0.352 e. The van der Waals surface area contributed by atoms with Gasteiger partial charge in [0.1, 0.15) is 4.21 Å². The number of pyridine rings is 1. The number of thiophene rings is 1. The minimum absolute atomic E-state index is 0.113. The summed E-state index contributed by atoms with van der Waals surface area (Å²) in [7, 11) is 1.57. The van der Waals surface area contributed by atoms with Crippen molar-refractivity contribution in [3.63, 3.8) is 0 Å². The smallest absolute Gasteiger partial charge is 0.270 e. The highest BCUT2D eigenvalue weighted by Crippen LogP contribution is 2.24. The summed E-state index contributed by atoms with van der Waals surface area (Å²) in [4.78, 5) is 16.6. The molecular weight excluding hydrogens is 400 g/mol. The van der Waals surface area contributed by atoms with E-state index in [0.29, 0.717) is 18.5 Å². The molecular formula is C12H10BrClN2O3S2. The van der Waals surface area contributed by atoms with Crippen LogP contribution in [0.5, 0.6) is 0 Å². The van der Waals surface area contributed by atoms with E-state index >= 15 is 0 Å². The fourth-order valence-electron chi connectivity index (χ4n) is 1.56. The van der Waals surface area contributed by atoms with Gasteiger partial charge in [0.15, 0.2) is 0 Å². The van der Waals surface area contributed by atoms with Gasteiger partial charge >= 0.3 is 0 Å². The molecule has 1 amide bonds. The van der Waals surface area contributed by atoms with Crippen molar-refractivity contribution in [3.8, 4) is 0 Å². The zero-order valence-electron chi connectivity index (χ0n) is 10.5. The second-order valence-corrected chi connectivity index (χ2v) is 8.93. The molecule has 5 nitrogen and oxygen atoms in total. The second kappa shape index (κ2) is 6.87. The van der Waals surface area contributed by atoms with Crippen LogP contribution < -0.4 is 5.32 Å². The molecule has 0 saturated carbocycles. The van der Waals surface area contributed by atoms with Crippen molar-refractivity contribution in [1.29, 1.82) is 0 Å². The van der Waals surface area contributed by atoms with E-state index in [9.17, 15) is 13.2 Å². The maximum atomic E-state index is 11.9. The highest BCUT2D eigenvalue weighted by atomic mass is 79.9. The Morgan fingerprint density at radius 3 is 2.76 bits per heavy atom. The van der Waals surface area contributed by atoms with Crippen LogP contribution in [-0.4, -0.2) is 25.9 Å². The zero-order chi connectivity index (χ0) is 15.5. The van der Waals surface area contributed by atoms with Crippen LogP contribution >= 0.6 is 37.9 Å². The number of amides is 1. The second-order valence-electron chi connectivity index (χ2n) is 4.06. The molecule has 0 radical (unpaired) electrons. The zero-order valence-corrected chi connectivity index (χ0v) is 14.5. The van der Waals surface area contributed by atoms with Gasteiger partial charge in [-0.1, -0.05) is 0 Å². The van der Waals surface area contributed by atoms with Crippen LogP contribution in [0.25, 0.3) is 0 Å². The van der Waals surface area contributed by atoms with Crippen LogP contribution in [0.2, 0.25) is 0 Å². The van der Waals surface area contributed by atoms with Crippen molar-refractivity contribution in [3.05, 3.63) is 45.5 Å². The van der Waals surface area contributed by atoms with Crippen molar-refractivity contribution >= 4 is 52.9 Å². The molecule has 0 fully saturated rings. The number of hydrogen-bond acceptors (Lipinski definition) is 5. The van der Waals surface area contributed by atoms with Gasteiger partial charge in [0.05, 0.1) is 5.56 Å². The molecule has 2 aromatic rings. The summed E-state index contributed by atoms with van der Waals surface area (Å²) in [6.07, 6.45) is 3.60. The van der Waals surface area contributed by atoms with Gasteiger partial charge in [-0.05, 0) is 40.5 Å². The normalized spacial score (nSPS) is 11.3. The van der Waals surface area contributed by atoms with E-state index in [-0.39, 0.29) is 10.1 Å². The first-order valence-corrected chi connectivity index (χ1v) is 9.70. The summed E-state index contributed by atoms with van der Waals surface area (Å²) in [5.41, 5.74) is 0.458. The van der Waals surface area contributed by atoms with Gasteiger partial charge in [0, 0.05) is 39.0 Å². The van der Waals surface area contributed by atoms with E-state index < -0.39 is 9.05 Å². The first-order valence-electron chi connectivity index (χ1n) is 5.78. The number of halogens is 2. The summed E-state index contributed by atoms with van der Waals surface area (Å²) >= 11 is 4.35. The Morgan fingerprint density at radius 2 is 2.14 bits per heavy atom. The summed E-state index contributed by atoms with van der Waals surface area (Å²) in [6, 6.07) is 4.82. The molecule has 0 bridgehead atoms. The lowest BCUT2D eigenvalue weighted by molar-refractivity contribution is 0.0953. The van der Waals surface area contributed by atoms with Crippen LogP contribution in [0.3, 0.4) is 0 Å². The average Bonchev–Trinajstić information content (AvgIpc) is 2.87.